The van der Waals surface area contributed by atoms with Gasteiger partial charge in [0.05, 0.1) is 11.8 Å². The van der Waals surface area contributed by atoms with Crippen molar-refractivity contribution in [3.05, 3.63) is 15.8 Å². The largest absolute Gasteiger partial charge is 0.477 e. The van der Waals surface area contributed by atoms with Crippen molar-refractivity contribution in [2.24, 2.45) is 11.8 Å². The van der Waals surface area contributed by atoms with Gasteiger partial charge in [0.25, 0.3) is 0 Å². The van der Waals surface area contributed by atoms with Crippen LogP contribution in [0.4, 0.5) is 5.69 Å². The lowest BCUT2D eigenvalue weighted by molar-refractivity contribution is -0.124. The number of thiophene rings is 1. The van der Waals surface area contributed by atoms with E-state index in [2.05, 4.69) is 6.92 Å². The summed E-state index contributed by atoms with van der Waals surface area (Å²) < 4.78 is 0. The predicted octanol–water partition coefficient (Wildman–Crippen LogP) is 5.14. The minimum Gasteiger partial charge on any atom is -0.477 e. The fourth-order valence-electron chi connectivity index (χ4n) is 5.67. The maximum Gasteiger partial charge on any atom is 0.348 e. The lowest BCUT2D eigenvalue weighted by Gasteiger charge is -2.38. The third-order valence-electron chi connectivity index (χ3n) is 7.76. The second-order valence-electron chi connectivity index (χ2n) is 10.1. The smallest absolute Gasteiger partial charge is 0.348 e. The third kappa shape index (κ3) is 5.09. The van der Waals surface area contributed by atoms with Crippen LogP contribution in [0.15, 0.2) is 6.07 Å². The molecule has 3 saturated carbocycles. The normalized spacial score (nSPS) is 29.6. The molecule has 3 fully saturated rings. The number of ketones is 1. The summed E-state index contributed by atoms with van der Waals surface area (Å²) in [5, 5.41) is 20.0. The molecule has 0 radical (unpaired) electrons. The molecule has 3 aliphatic carbocycles. The van der Waals surface area contributed by atoms with Crippen molar-refractivity contribution in [2.75, 3.05) is 4.90 Å². The van der Waals surface area contributed by atoms with Gasteiger partial charge in [-0.15, -0.1) is 11.3 Å². The van der Waals surface area contributed by atoms with Gasteiger partial charge in [0.2, 0.25) is 5.91 Å². The number of nitrogens with zero attached hydrogens (tertiary/aromatic N) is 1. The Labute approximate surface area is 194 Å². The number of aliphatic hydroxyl groups excluding tert-OH is 1. The molecule has 6 nitrogen and oxygen atoms in total. The van der Waals surface area contributed by atoms with Crippen molar-refractivity contribution >= 4 is 34.7 Å². The summed E-state index contributed by atoms with van der Waals surface area (Å²) >= 11 is 1.28. The Morgan fingerprint density at radius 3 is 2.19 bits per heavy atom. The van der Waals surface area contributed by atoms with Gasteiger partial charge in [-0.3, -0.25) is 9.59 Å². The van der Waals surface area contributed by atoms with Crippen molar-refractivity contribution in [2.45, 2.75) is 102 Å². The Kier molecular flexibility index (Phi) is 7.35. The second kappa shape index (κ2) is 10.0. The minimum absolute atomic E-state index is 0.0592. The van der Waals surface area contributed by atoms with Crippen LogP contribution in [0.3, 0.4) is 0 Å². The van der Waals surface area contributed by atoms with E-state index in [9.17, 15) is 24.6 Å². The van der Waals surface area contributed by atoms with Crippen molar-refractivity contribution in [1.82, 2.24) is 0 Å². The van der Waals surface area contributed by atoms with Crippen LogP contribution in [0, 0.1) is 11.8 Å². The van der Waals surface area contributed by atoms with Gasteiger partial charge < -0.3 is 15.1 Å². The summed E-state index contributed by atoms with van der Waals surface area (Å²) in [5.74, 6) is 0.104. The van der Waals surface area contributed by atoms with Crippen molar-refractivity contribution in [1.29, 1.82) is 0 Å². The Bertz CT molecular complexity index is 839. The average molecular weight is 462 g/mol. The highest BCUT2D eigenvalue weighted by Crippen LogP contribution is 2.43. The van der Waals surface area contributed by atoms with Gasteiger partial charge in [0.15, 0.2) is 0 Å². The number of carbonyl (C=O) groups excluding carboxylic acids is 2. The molecule has 0 aliphatic heterocycles. The summed E-state index contributed by atoms with van der Waals surface area (Å²) in [7, 11) is 0. The number of hydrogen-bond acceptors (Lipinski definition) is 5. The summed E-state index contributed by atoms with van der Waals surface area (Å²) in [5.41, 5.74) is 0.541. The molecule has 2 N–H and O–H groups in total. The van der Waals surface area contributed by atoms with E-state index in [1.807, 2.05) is 11.0 Å². The van der Waals surface area contributed by atoms with Crippen LogP contribution < -0.4 is 4.90 Å². The molecule has 1 aromatic heterocycles. The molecule has 7 heteroatoms. The average Bonchev–Trinajstić information content (AvgIpc) is 3.21. The maximum absolute atomic E-state index is 13.8. The first-order valence-electron chi connectivity index (χ1n) is 12.2. The first-order valence-corrected chi connectivity index (χ1v) is 13.0. The van der Waals surface area contributed by atoms with Gasteiger partial charge in [-0.25, -0.2) is 4.79 Å². The van der Waals surface area contributed by atoms with Gasteiger partial charge in [-0.1, -0.05) is 6.92 Å². The highest BCUT2D eigenvalue weighted by molar-refractivity contribution is 7.14. The van der Waals surface area contributed by atoms with Crippen LogP contribution in [-0.4, -0.2) is 40.0 Å². The number of Topliss-reactive ketones (excluding diaryl/α,β-unsaturated/α-hetero) is 1. The number of carbonyl (C=O) groups is 3. The van der Waals surface area contributed by atoms with Crippen LogP contribution in [0.2, 0.25) is 0 Å². The van der Waals surface area contributed by atoms with Crippen LogP contribution >= 0.6 is 11.3 Å². The zero-order chi connectivity index (χ0) is 22.8. The van der Waals surface area contributed by atoms with E-state index in [1.165, 1.54) is 11.3 Å². The molecule has 1 aromatic rings. The summed E-state index contributed by atoms with van der Waals surface area (Å²) in [6, 6.07) is 1.86. The van der Waals surface area contributed by atoms with Gasteiger partial charge >= 0.3 is 5.97 Å². The van der Waals surface area contributed by atoms with Crippen molar-refractivity contribution < 1.29 is 24.6 Å². The molecule has 176 valence electrons. The highest BCUT2D eigenvalue weighted by Gasteiger charge is 2.38. The molecule has 0 unspecified atom stereocenters. The van der Waals surface area contributed by atoms with E-state index >= 15 is 0 Å². The number of aliphatic hydroxyl groups is 1. The van der Waals surface area contributed by atoms with E-state index in [0.717, 1.165) is 43.4 Å². The molecule has 0 bridgehead atoms. The van der Waals surface area contributed by atoms with Crippen molar-refractivity contribution in [3.8, 4) is 0 Å². The molecular weight excluding hydrogens is 426 g/mol. The molecule has 1 amide bonds. The lowest BCUT2D eigenvalue weighted by atomic mass is 9.81. The van der Waals surface area contributed by atoms with Gasteiger partial charge in [-0.05, 0) is 82.1 Å². The van der Waals surface area contributed by atoms with Crippen molar-refractivity contribution in [3.63, 3.8) is 0 Å². The number of carboxylic acid groups (broad SMARTS) is 1. The number of amides is 1. The van der Waals surface area contributed by atoms with Crippen LogP contribution in [0.1, 0.15) is 104 Å². The quantitative estimate of drug-likeness (QED) is 0.633. The second-order valence-corrected chi connectivity index (χ2v) is 11.2. The zero-order valence-corrected chi connectivity index (χ0v) is 19.7. The molecule has 32 heavy (non-hydrogen) atoms. The van der Waals surface area contributed by atoms with Crippen LogP contribution in [0.25, 0.3) is 0 Å². The third-order valence-corrected chi connectivity index (χ3v) is 9.04. The number of hydrogen-bond donors (Lipinski definition) is 2. The standard InChI is InChI=1S/C25H35NO5S/c1-15-2-4-17(5-3-15)24(29)26(18-8-12-20(28)13-9-18)21-14-22(32-23(21)25(30)31)16-6-10-19(27)11-7-16/h14-18,20,28H,2-13H2,1H3,(H,30,31). The Balaban J connectivity index is 1.67. The number of aromatic carboxylic acids is 1. The van der Waals surface area contributed by atoms with Crippen LogP contribution in [0.5, 0.6) is 0 Å². The van der Waals surface area contributed by atoms with Gasteiger partial charge in [0, 0.05) is 29.7 Å². The molecule has 0 spiro atoms. The first kappa shape index (κ1) is 23.4. The number of carboxylic acids is 1. The van der Waals surface area contributed by atoms with E-state index in [4.69, 9.17) is 0 Å². The molecule has 0 saturated heterocycles. The molecular formula is C25H35NO5S. The summed E-state index contributed by atoms with van der Waals surface area (Å²) in [6.07, 6.45) is 8.70. The van der Waals surface area contributed by atoms with Gasteiger partial charge in [-0.2, -0.15) is 0 Å². The fraction of sp³-hybridized carbons (Fsp3) is 0.720. The Morgan fingerprint density at radius 2 is 1.59 bits per heavy atom. The van der Waals surface area contributed by atoms with Crippen LogP contribution in [-0.2, 0) is 9.59 Å². The van der Waals surface area contributed by atoms with E-state index in [0.29, 0.717) is 50.1 Å². The SMILES string of the molecule is CC1CCC(C(=O)N(c2cc(C3CCC(=O)CC3)sc2C(=O)O)C2CCC(O)CC2)CC1. The minimum atomic E-state index is -0.992. The first-order chi connectivity index (χ1) is 15.3. The molecule has 1 heterocycles. The highest BCUT2D eigenvalue weighted by atomic mass is 32.1. The monoisotopic (exact) mass is 461 g/mol. The molecule has 0 aromatic carbocycles. The van der Waals surface area contributed by atoms with E-state index in [1.54, 1.807) is 0 Å². The Morgan fingerprint density at radius 1 is 0.969 bits per heavy atom. The topological polar surface area (TPSA) is 94.9 Å². The lowest BCUT2D eigenvalue weighted by Crippen LogP contribution is -2.47. The number of anilines is 1. The molecule has 4 rings (SSSR count). The summed E-state index contributed by atoms with van der Waals surface area (Å²) in [4.78, 5) is 40.8. The summed E-state index contributed by atoms with van der Waals surface area (Å²) in [6.45, 7) is 2.23. The zero-order valence-electron chi connectivity index (χ0n) is 18.9. The predicted molar refractivity (Wildman–Crippen MR) is 124 cm³/mol. The maximum atomic E-state index is 13.8. The number of rotatable bonds is 5. The Hall–Kier alpha value is -1.73. The fourth-order valence-corrected chi connectivity index (χ4v) is 6.83. The molecule has 0 atom stereocenters. The van der Waals surface area contributed by atoms with E-state index < -0.39 is 5.97 Å². The van der Waals surface area contributed by atoms with E-state index in [-0.39, 0.29) is 40.5 Å². The molecule has 3 aliphatic rings. The van der Waals surface area contributed by atoms with Gasteiger partial charge in [0.1, 0.15) is 10.7 Å².